The number of anilines is 1. The minimum atomic E-state index is 0.709. The number of nitrogen functional groups attached to an aromatic ring is 1. The van der Waals surface area contributed by atoms with Crippen molar-refractivity contribution in [3.63, 3.8) is 0 Å². The third kappa shape index (κ3) is 1.29. The molecule has 2 rings (SSSR count). The average molecular weight is 237 g/mol. The van der Waals surface area contributed by atoms with Crippen LogP contribution in [0.25, 0.3) is 10.8 Å². The van der Waals surface area contributed by atoms with Crippen LogP contribution in [0.4, 0.5) is 5.69 Å². The number of rotatable bonds is 0. The first-order valence-electron chi connectivity index (χ1n) is 3.99. The number of hydrogen-bond donors (Lipinski definition) is 1. The molecular weight excluding hydrogens is 228 g/mol. The predicted octanol–water partition coefficient (Wildman–Crippen LogP) is 2.89. The van der Waals surface area contributed by atoms with Crippen LogP contribution in [0.2, 0.25) is 0 Å². The second-order valence-corrected chi connectivity index (χ2v) is 3.75. The van der Waals surface area contributed by atoms with Crippen molar-refractivity contribution < 1.29 is 0 Å². The largest absolute Gasteiger partial charge is 0.396 e. The van der Waals surface area contributed by atoms with Crippen LogP contribution in [0.1, 0.15) is 5.56 Å². The van der Waals surface area contributed by atoms with Crippen LogP contribution in [-0.2, 0) is 0 Å². The van der Waals surface area contributed by atoms with E-state index in [1.807, 2.05) is 18.3 Å². The maximum atomic E-state index is 5.88. The molecule has 0 unspecified atom stereocenters. The maximum Gasteiger partial charge on any atom is 0.129 e. The molecule has 1 aromatic heterocycles. The zero-order chi connectivity index (χ0) is 9.42. The lowest BCUT2D eigenvalue weighted by molar-refractivity contribution is 1.30. The zero-order valence-electron chi connectivity index (χ0n) is 7.21. The maximum absolute atomic E-state index is 5.88. The number of nitrogens with two attached hydrogens (primary N) is 1. The second kappa shape index (κ2) is 3.00. The molecule has 0 aliphatic carbocycles. The van der Waals surface area contributed by atoms with Gasteiger partial charge in [-0.15, -0.1) is 0 Å². The molecule has 13 heavy (non-hydrogen) atoms. The van der Waals surface area contributed by atoms with Crippen LogP contribution in [0.5, 0.6) is 0 Å². The molecule has 0 spiro atoms. The quantitative estimate of drug-likeness (QED) is 0.715. The monoisotopic (exact) mass is 236 g/mol. The van der Waals surface area contributed by atoms with Gasteiger partial charge in [-0.3, -0.25) is 0 Å². The number of aromatic nitrogens is 1. The fraction of sp³-hybridized carbons (Fsp3) is 0.100. The second-order valence-electron chi connectivity index (χ2n) is 3.00. The molecule has 0 atom stereocenters. The highest BCUT2D eigenvalue weighted by molar-refractivity contribution is 9.10. The highest BCUT2D eigenvalue weighted by Crippen LogP contribution is 2.27. The highest BCUT2D eigenvalue weighted by Gasteiger charge is 2.03. The van der Waals surface area contributed by atoms with Crippen LogP contribution in [0.15, 0.2) is 29.0 Å². The lowest BCUT2D eigenvalue weighted by Gasteiger charge is -2.05. The van der Waals surface area contributed by atoms with E-state index < -0.39 is 0 Å². The molecule has 1 aromatic carbocycles. The fourth-order valence-corrected chi connectivity index (χ4v) is 1.70. The number of halogens is 1. The number of nitrogens with zero attached hydrogens (tertiary/aromatic N) is 1. The summed E-state index contributed by atoms with van der Waals surface area (Å²) < 4.78 is 0.714. The van der Waals surface area contributed by atoms with Crippen LogP contribution in [0.3, 0.4) is 0 Å². The van der Waals surface area contributed by atoms with Gasteiger partial charge in [0.2, 0.25) is 0 Å². The number of fused-ring (bicyclic) bond motifs is 1. The first-order valence-corrected chi connectivity index (χ1v) is 4.79. The highest BCUT2D eigenvalue weighted by atomic mass is 79.9. The molecule has 0 saturated heterocycles. The summed E-state index contributed by atoms with van der Waals surface area (Å²) in [4.78, 5) is 4.16. The molecule has 0 bridgehead atoms. The van der Waals surface area contributed by atoms with Gasteiger partial charge in [0.25, 0.3) is 0 Å². The van der Waals surface area contributed by atoms with Gasteiger partial charge >= 0.3 is 0 Å². The van der Waals surface area contributed by atoms with E-state index >= 15 is 0 Å². The van der Waals surface area contributed by atoms with Crippen LogP contribution in [0, 0.1) is 6.92 Å². The fourth-order valence-electron chi connectivity index (χ4n) is 1.39. The van der Waals surface area contributed by atoms with E-state index in [1.54, 1.807) is 0 Å². The van der Waals surface area contributed by atoms with Crippen molar-refractivity contribution in [1.29, 1.82) is 0 Å². The van der Waals surface area contributed by atoms with E-state index in [-0.39, 0.29) is 0 Å². The van der Waals surface area contributed by atoms with Gasteiger partial charge in [0.1, 0.15) is 4.60 Å². The summed E-state index contributed by atoms with van der Waals surface area (Å²) in [6, 6.07) is 6.06. The summed E-state index contributed by atoms with van der Waals surface area (Å²) in [5.41, 5.74) is 7.79. The van der Waals surface area contributed by atoms with Crippen molar-refractivity contribution in [2.24, 2.45) is 0 Å². The van der Waals surface area contributed by atoms with Crippen molar-refractivity contribution >= 4 is 32.4 Å². The molecule has 0 amide bonds. The first-order chi connectivity index (χ1) is 6.20. The molecular formula is C10H9BrN2. The molecule has 1 heterocycles. The van der Waals surface area contributed by atoms with Crippen LogP contribution < -0.4 is 5.73 Å². The molecule has 2 N–H and O–H groups in total. The van der Waals surface area contributed by atoms with Gasteiger partial charge < -0.3 is 5.73 Å². The number of benzene rings is 1. The van der Waals surface area contributed by atoms with Gasteiger partial charge in [-0.25, -0.2) is 4.98 Å². The summed E-state index contributed by atoms with van der Waals surface area (Å²) in [6.45, 7) is 2.05. The zero-order valence-corrected chi connectivity index (χ0v) is 8.80. The van der Waals surface area contributed by atoms with E-state index in [2.05, 4.69) is 33.9 Å². The molecule has 0 fully saturated rings. The first kappa shape index (κ1) is 8.51. The molecule has 66 valence electrons. The Labute approximate surface area is 84.9 Å². The molecule has 0 aliphatic rings. The number of aryl methyl sites for hydroxylation is 1. The van der Waals surface area contributed by atoms with Crippen LogP contribution in [-0.4, -0.2) is 4.98 Å². The Kier molecular flexibility index (Phi) is 1.96. The van der Waals surface area contributed by atoms with Crippen LogP contribution >= 0.6 is 15.9 Å². The summed E-state index contributed by atoms with van der Waals surface area (Å²) in [6.07, 6.45) is 1.84. The van der Waals surface area contributed by atoms with Gasteiger partial charge in [-0.1, -0.05) is 18.2 Å². The predicted molar refractivity (Wildman–Crippen MR) is 58.6 cm³/mol. The Morgan fingerprint density at radius 3 is 2.85 bits per heavy atom. The normalized spacial score (nSPS) is 10.6. The van der Waals surface area contributed by atoms with Crippen molar-refractivity contribution in [1.82, 2.24) is 4.98 Å². The minimum Gasteiger partial charge on any atom is -0.396 e. The van der Waals surface area contributed by atoms with Crippen molar-refractivity contribution in [3.05, 3.63) is 34.6 Å². The SMILES string of the molecule is Cc1cccc2c(N)c(Br)ncc12. The molecule has 2 aromatic rings. The molecule has 0 aliphatic heterocycles. The molecule has 2 nitrogen and oxygen atoms in total. The van der Waals surface area contributed by atoms with E-state index in [9.17, 15) is 0 Å². The Morgan fingerprint density at radius 2 is 2.08 bits per heavy atom. The summed E-state index contributed by atoms with van der Waals surface area (Å²) in [7, 11) is 0. The van der Waals surface area contributed by atoms with E-state index in [0.717, 1.165) is 10.8 Å². The van der Waals surface area contributed by atoms with Gasteiger partial charge in [0.05, 0.1) is 5.69 Å². The Bertz CT molecular complexity index is 466. The lowest BCUT2D eigenvalue weighted by Crippen LogP contribution is -1.92. The topological polar surface area (TPSA) is 38.9 Å². The average Bonchev–Trinajstić information content (AvgIpc) is 2.12. The Morgan fingerprint density at radius 1 is 1.31 bits per heavy atom. The van der Waals surface area contributed by atoms with E-state index in [1.165, 1.54) is 5.56 Å². The Balaban J connectivity index is 2.94. The third-order valence-corrected chi connectivity index (χ3v) is 2.78. The minimum absolute atomic E-state index is 0.709. The number of pyridine rings is 1. The van der Waals surface area contributed by atoms with Gasteiger partial charge in [0.15, 0.2) is 0 Å². The lowest BCUT2D eigenvalue weighted by atomic mass is 10.1. The van der Waals surface area contributed by atoms with Crippen molar-refractivity contribution in [2.45, 2.75) is 6.92 Å². The van der Waals surface area contributed by atoms with Crippen molar-refractivity contribution in [2.75, 3.05) is 5.73 Å². The van der Waals surface area contributed by atoms with Crippen molar-refractivity contribution in [3.8, 4) is 0 Å². The number of hydrogen-bond acceptors (Lipinski definition) is 2. The smallest absolute Gasteiger partial charge is 0.129 e. The summed E-state index contributed by atoms with van der Waals surface area (Å²) >= 11 is 3.30. The Hall–Kier alpha value is -1.09. The summed E-state index contributed by atoms with van der Waals surface area (Å²) in [5.74, 6) is 0. The molecule has 0 saturated carbocycles. The van der Waals surface area contributed by atoms with E-state index in [4.69, 9.17) is 5.73 Å². The summed E-state index contributed by atoms with van der Waals surface area (Å²) in [5, 5.41) is 2.17. The van der Waals surface area contributed by atoms with Gasteiger partial charge in [0, 0.05) is 17.0 Å². The van der Waals surface area contributed by atoms with E-state index in [0.29, 0.717) is 10.3 Å². The standard InChI is InChI=1S/C10H9BrN2/c1-6-3-2-4-7-8(6)5-13-10(11)9(7)12/h2-5H,12H2,1H3. The van der Waals surface area contributed by atoms with Gasteiger partial charge in [-0.05, 0) is 28.4 Å². The van der Waals surface area contributed by atoms with Gasteiger partial charge in [-0.2, -0.15) is 0 Å². The molecule has 0 radical (unpaired) electrons. The molecule has 3 heteroatoms. The third-order valence-electron chi connectivity index (χ3n) is 2.14.